The molecule has 3 heterocycles. The Bertz CT molecular complexity index is 1470. The van der Waals surface area contributed by atoms with Crippen molar-refractivity contribution in [1.82, 2.24) is 29.7 Å². The second-order valence-electron chi connectivity index (χ2n) is 13.6. The van der Waals surface area contributed by atoms with E-state index in [-0.39, 0.29) is 36.6 Å². The normalized spacial score (nSPS) is 24.6. The summed E-state index contributed by atoms with van der Waals surface area (Å²) in [7, 11) is -1.08. The van der Waals surface area contributed by atoms with E-state index in [1.165, 1.54) is 20.4 Å². The zero-order chi connectivity index (χ0) is 35.3. The zero-order valence-electron chi connectivity index (χ0n) is 29.3. The van der Waals surface area contributed by atoms with E-state index in [1.807, 2.05) is 27.7 Å². The second kappa shape index (κ2) is 15.8. The van der Waals surface area contributed by atoms with Crippen LogP contribution in [0.25, 0.3) is 11.2 Å². The number of carbonyl (C=O) groups is 2. The molecule has 0 radical (unpaired) electrons. The lowest BCUT2D eigenvalue weighted by Gasteiger charge is -2.29. The van der Waals surface area contributed by atoms with Crippen LogP contribution in [0.4, 0.5) is 5.95 Å². The first-order valence-corrected chi connectivity index (χ1v) is 18.2. The summed E-state index contributed by atoms with van der Waals surface area (Å²) in [5, 5.41) is 5.56. The van der Waals surface area contributed by atoms with Gasteiger partial charge in [-0.2, -0.15) is 9.97 Å². The Morgan fingerprint density at radius 3 is 2.44 bits per heavy atom. The Balaban J connectivity index is 1.51. The summed E-state index contributed by atoms with van der Waals surface area (Å²) < 4.78 is 50.9. The molecular formula is C31H52N7O9P. The van der Waals surface area contributed by atoms with Crippen molar-refractivity contribution in [2.24, 2.45) is 5.41 Å². The second-order valence-corrected chi connectivity index (χ2v) is 15.5. The van der Waals surface area contributed by atoms with Gasteiger partial charge in [-0.25, -0.2) is 15.2 Å². The average Bonchev–Trinajstić information content (AvgIpc) is 3.63. The molecule has 1 aliphatic carbocycles. The van der Waals surface area contributed by atoms with E-state index < -0.39 is 49.6 Å². The van der Waals surface area contributed by atoms with Gasteiger partial charge in [0.25, 0.3) is 0 Å². The van der Waals surface area contributed by atoms with Crippen LogP contribution in [0.1, 0.15) is 92.7 Å². The number of nitrogens with zero attached hydrogens (tertiary/aromatic N) is 4. The summed E-state index contributed by atoms with van der Waals surface area (Å²) in [5.41, 5.74) is 5.59. The van der Waals surface area contributed by atoms with Crippen LogP contribution in [-0.4, -0.2) is 88.8 Å². The minimum Gasteiger partial charge on any atom is -0.479 e. The molecule has 0 bridgehead atoms. The Hall–Kier alpha value is -2.88. The molecule has 2 aromatic rings. The quantitative estimate of drug-likeness (QED) is 0.167. The van der Waals surface area contributed by atoms with E-state index in [9.17, 15) is 14.2 Å². The Kier molecular flexibility index (Phi) is 12.5. The van der Waals surface area contributed by atoms with Crippen LogP contribution in [0.5, 0.6) is 5.88 Å². The zero-order valence-corrected chi connectivity index (χ0v) is 30.2. The number of hydrogen-bond acceptors (Lipinski definition) is 13. The Labute approximate surface area is 282 Å². The van der Waals surface area contributed by atoms with Crippen LogP contribution in [0.15, 0.2) is 6.33 Å². The molecule has 1 saturated heterocycles. The fourth-order valence-electron chi connectivity index (χ4n) is 5.65. The predicted molar refractivity (Wildman–Crippen MR) is 177 cm³/mol. The molecule has 1 aliphatic heterocycles. The van der Waals surface area contributed by atoms with Gasteiger partial charge in [0.2, 0.25) is 11.8 Å². The molecule has 4 rings (SSSR count). The average molecular weight is 698 g/mol. The third-order valence-corrected chi connectivity index (χ3v) is 11.0. The van der Waals surface area contributed by atoms with E-state index in [4.69, 9.17) is 33.9 Å². The van der Waals surface area contributed by atoms with Crippen LogP contribution in [0, 0.1) is 5.41 Å². The first-order valence-electron chi connectivity index (χ1n) is 16.5. The number of esters is 2. The number of hydrogen-bond donors (Lipinski definition) is 3. The van der Waals surface area contributed by atoms with Gasteiger partial charge in [-0.15, -0.1) is 0 Å². The number of imidazole rings is 1. The molecule has 6 atom stereocenters. The standard InChI is InChI=1S/C31H52N7O9P/c1-9-30(4,5)17-44-26(39)19(2)36-48(41,37-20(3)27(40)46-21-13-11-10-12-14-21)45-16-22-15-31(6,43-8)28(47-22)38-18-33-23-24(38)34-29(32)35-25(23)42-7/h18-22,28H,9-17H2,1-8H3,(H2,32,34,35)(H2,36,37,41). The summed E-state index contributed by atoms with van der Waals surface area (Å²) in [6.45, 7) is 10.9. The summed E-state index contributed by atoms with van der Waals surface area (Å²) in [6, 6.07) is -2.04. The van der Waals surface area contributed by atoms with Crippen molar-refractivity contribution in [1.29, 1.82) is 0 Å². The van der Waals surface area contributed by atoms with Gasteiger partial charge < -0.3 is 33.9 Å². The molecule has 2 aliphatic rings. The third kappa shape index (κ3) is 9.21. The number of carbonyl (C=O) groups excluding carboxylic acids is 2. The molecule has 4 N–H and O–H groups in total. The molecule has 48 heavy (non-hydrogen) atoms. The number of anilines is 1. The molecule has 17 heteroatoms. The van der Waals surface area contributed by atoms with Crippen LogP contribution >= 0.6 is 7.67 Å². The molecule has 2 aromatic heterocycles. The summed E-state index contributed by atoms with van der Waals surface area (Å²) >= 11 is 0. The Morgan fingerprint density at radius 2 is 1.81 bits per heavy atom. The molecule has 0 amide bonds. The van der Waals surface area contributed by atoms with Gasteiger partial charge in [-0.3, -0.25) is 18.7 Å². The molecule has 270 valence electrons. The van der Waals surface area contributed by atoms with Crippen molar-refractivity contribution in [2.75, 3.05) is 33.2 Å². The van der Waals surface area contributed by atoms with E-state index >= 15 is 0 Å². The van der Waals surface area contributed by atoms with E-state index in [0.717, 1.165) is 38.5 Å². The van der Waals surface area contributed by atoms with Crippen molar-refractivity contribution in [3.63, 3.8) is 0 Å². The monoisotopic (exact) mass is 697 g/mol. The van der Waals surface area contributed by atoms with E-state index in [0.29, 0.717) is 17.6 Å². The van der Waals surface area contributed by atoms with Crippen molar-refractivity contribution in [3.8, 4) is 5.88 Å². The molecule has 0 aromatic carbocycles. The molecular weight excluding hydrogens is 645 g/mol. The first-order chi connectivity index (χ1) is 22.6. The number of methoxy groups -OCH3 is 2. The third-order valence-electron chi connectivity index (χ3n) is 9.07. The van der Waals surface area contributed by atoms with Crippen molar-refractivity contribution >= 4 is 36.7 Å². The van der Waals surface area contributed by atoms with Crippen LogP contribution in [0.2, 0.25) is 0 Å². The van der Waals surface area contributed by atoms with Gasteiger partial charge in [-0.1, -0.05) is 27.2 Å². The minimum absolute atomic E-state index is 0.00164. The topological polar surface area (TPSA) is 200 Å². The highest BCUT2D eigenvalue weighted by Gasteiger charge is 2.48. The van der Waals surface area contributed by atoms with Gasteiger partial charge in [0.1, 0.15) is 23.8 Å². The van der Waals surface area contributed by atoms with Gasteiger partial charge in [0.05, 0.1) is 32.8 Å². The van der Waals surface area contributed by atoms with Crippen LogP contribution < -0.4 is 20.6 Å². The number of fused-ring (bicyclic) bond motifs is 1. The molecule has 6 unspecified atom stereocenters. The maximum atomic E-state index is 14.4. The van der Waals surface area contributed by atoms with Crippen molar-refractivity contribution < 1.29 is 42.4 Å². The lowest BCUT2D eigenvalue weighted by molar-refractivity contribution is -0.152. The highest BCUT2D eigenvalue weighted by Crippen LogP contribution is 2.45. The fraction of sp³-hybridized carbons (Fsp3) is 0.774. The van der Waals surface area contributed by atoms with Gasteiger partial charge in [-0.05, 0) is 58.3 Å². The highest BCUT2D eigenvalue weighted by atomic mass is 31.2. The van der Waals surface area contributed by atoms with Crippen molar-refractivity contribution in [3.05, 3.63) is 6.33 Å². The minimum atomic E-state index is -4.10. The SMILES string of the molecule is CCC(C)(C)COC(=O)C(C)NP(=O)(NC(C)C(=O)OC1CCCCC1)OCC1CC(C)(OC)C(n2cnc3c(OC)nc(N)nc32)O1. The number of aromatic nitrogens is 4. The number of nitrogens with one attached hydrogen (secondary N) is 2. The lowest BCUT2D eigenvalue weighted by Crippen LogP contribution is -2.44. The maximum Gasteiger partial charge on any atom is 0.342 e. The number of ether oxygens (including phenoxy) is 5. The highest BCUT2D eigenvalue weighted by molar-refractivity contribution is 7.54. The fourth-order valence-corrected chi connectivity index (χ4v) is 7.48. The first kappa shape index (κ1) is 37.9. The smallest absolute Gasteiger partial charge is 0.342 e. The largest absolute Gasteiger partial charge is 0.479 e. The summed E-state index contributed by atoms with van der Waals surface area (Å²) in [4.78, 5) is 38.8. The number of nitrogens with two attached hydrogens (primary N) is 1. The van der Waals surface area contributed by atoms with Crippen LogP contribution in [-0.2, 0) is 37.6 Å². The number of rotatable bonds is 16. The Morgan fingerprint density at radius 1 is 1.15 bits per heavy atom. The molecule has 2 fully saturated rings. The van der Waals surface area contributed by atoms with Gasteiger partial charge in [0, 0.05) is 13.5 Å². The lowest BCUT2D eigenvalue weighted by atomic mass is 9.92. The van der Waals surface area contributed by atoms with E-state index in [1.54, 1.807) is 18.6 Å². The molecule has 16 nitrogen and oxygen atoms in total. The molecule has 0 spiro atoms. The van der Waals surface area contributed by atoms with Gasteiger partial charge in [0.15, 0.2) is 17.4 Å². The molecule has 1 saturated carbocycles. The summed E-state index contributed by atoms with van der Waals surface area (Å²) in [6.07, 6.45) is 5.78. The summed E-state index contributed by atoms with van der Waals surface area (Å²) in [5.74, 6) is -0.945. The van der Waals surface area contributed by atoms with Crippen LogP contribution in [0.3, 0.4) is 0 Å². The van der Waals surface area contributed by atoms with Crippen molar-refractivity contribution in [2.45, 2.75) is 123 Å². The number of nitrogen functional groups attached to an aromatic ring is 1. The van der Waals surface area contributed by atoms with E-state index in [2.05, 4.69) is 25.1 Å². The predicted octanol–water partition coefficient (Wildman–Crippen LogP) is 4.05. The van der Waals surface area contributed by atoms with Gasteiger partial charge >= 0.3 is 19.6 Å². The maximum absolute atomic E-state index is 14.4.